The molecule has 2 aliphatic heterocycles. The number of amides is 3. The summed E-state index contributed by atoms with van der Waals surface area (Å²) in [5.74, 6) is -1.72. The minimum absolute atomic E-state index is 0.0251. The van der Waals surface area contributed by atoms with Crippen LogP contribution in [0.4, 0.5) is 4.79 Å². The molecule has 0 aromatic rings. The molecule has 3 aliphatic rings. The molecule has 10 nitrogen and oxygen atoms in total. The molecule has 2 saturated heterocycles. The summed E-state index contributed by atoms with van der Waals surface area (Å²) in [5.41, 5.74) is -0.662. The molecule has 0 aromatic carbocycles. The Balaban J connectivity index is 1.70. The second-order valence-electron chi connectivity index (χ2n) is 10.7. The number of hydrogen-bond donors (Lipinski definition) is 4. The molecule has 34 heavy (non-hydrogen) atoms. The summed E-state index contributed by atoms with van der Waals surface area (Å²) in [6, 6.07) is -1.88. The number of alkyl carbamates (subject to hydrolysis) is 1. The van der Waals surface area contributed by atoms with Crippen LogP contribution in [-0.2, 0) is 19.0 Å². The Morgan fingerprint density at radius 3 is 2.59 bits per heavy atom. The highest BCUT2D eigenvalue weighted by Gasteiger charge is 2.47. The fourth-order valence-electron chi connectivity index (χ4n) is 4.97. The third kappa shape index (κ3) is 6.31. The Kier molecular flexibility index (Phi) is 8.64. The number of allylic oxidation sites excluding steroid dienone is 1. The Morgan fingerprint density at radius 2 is 1.97 bits per heavy atom. The smallest absolute Gasteiger partial charge is 0.446 e. The van der Waals surface area contributed by atoms with Crippen molar-refractivity contribution in [2.24, 2.45) is 11.3 Å². The van der Waals surface area contributed by atoms with Gasteiger partial charge in [-0.1, -0.05) is 26.8 Å². The molecule has 3 rings (SSSR count). The number of carbonyl (C=O) groups is 3. The van der Waals surface area contributed by atoms with Gasteiger partial charge in [0.05, 0.1) is 12.0 Å². The summed E-state index contributed by atoms with van der Waals surface area (Å²) < 4.78 is 10.8. The van der Waals surface area contributed by atoms with Crippen molar-refractivity contribution in [2.45, 2.75) is 89.5 Å². The van der Waals surface area contributed by atoms with E-state index in [2.05, 4.69) is 17.2 Å². The topological polar surface area (TPSA) is 137 Å². The fourth-order valence-corrected chi connectivity index (χ4v) is 4.97. The standard InChI is InChI=1S/C23H38BN3O7/c1-5-8-14-13-33-24(32)19(14)26-20(29)17-11-15(28)12-27(17)21(30)18(23(2,3)4)25-22(31)34-16-9-6-7-10-16/h5,14-19,28,32H,1,6-13H2,2-4H3,(H,25,31)(H,26,29)/t14-,15+,17-,18+,19?/m0/s1. The molecule has 3 fully saturated rings. The van der Waals surface area contributed by atoms with E-state index < -0.39 is 54.6 Å². The maximum absolute atomic E-state index is 13.6. The number of hydrogen-bond acceptors (Lipinski definition) is 7. The average molecular weight is 479 g/mol. The van der Waals surface area contributed by atoms with Crippen LogP contribution in [0.15, 0.2) is 12.7 Å². The lowest BCUT2D eigenvalue weighted by atomic mass is 9.74. The summed E-state index contributed by atoms with van der Waals surface area (Å²) >= 11 is 0. The minimum Gasteiger partial charge on any atom is -0.446 e. The van der Waals surface area contributed by atoms with Gasteiger partial charge in [-0.25, -0.2) is 4.79 Å². The van der Waals surface area contributed by atoms with E-state index in [1.54, 1.807) is 6.08 Å². The van der Waals surface area contributed by atoms with Gasteiger partial charge in [-0.3, -0.25) is 9.59 Å². The predicted octanol–water partition coefficient (Wildman–Crippen LogP) is 0.759. The van der Waals surface area contributed by atoms with Gasteiger partial charge >= 0.3 is 13.2 Å². The molecule has 3 amide bonds. The first kappa shape index (κ1) is 26.5. The lowest BCUT2D eigenvalue weighted by Crippen LogP contribution is -2.59. The molecule has 4 N–H and O–H groups in total. The summed E-state index contributed by atoms with van der Waals surface area (Å²) in [4.78, 5) is 40.6. The van der Waals surface area contributed by atoms with E-state index in [4.69, 9.17) is 9.39 Å². The largest absolute Gasteiger partial charge is 0.478 e. The van der Waals surface area contributed by atoms with Gasteiger partial charge in [0.1, 0.15) is 18.2 Å². The quantitative estimate of drug-likeness (QED) is 0.313. The molecular formula is C23H38BN3O7. The highest BCUT2D eigenvalue weighted by molar-refractivity contribution is 6.46. The minimum atomic E-state index is -1.15. The average Bonchev–Trinajstić information content (AvgIpc) is 3.48. The van der Waals surface area contributed by atoms with E-state index in [1.165, 1.54) is 4.90 Å². The zero-order chi connectivity index (χ0) is 25.0. The summed E-state index contributed by atoms with van der Waals surface area (Å²) in [6.45, 7) is 9.42. The summed E-state index contributed by atoms with van der Waals surface area (Å²) in [6.07, 6.45) is 4.29. The SMILES string of the molecule is C=CC[C@H]1COB(O)C1NC(=O)[C@@H]1C[C@@H](O)CN1C(=O)[C@@H](NC(=O)OC1CCCC1)C(C)(C)C. The Labute approximate surface area is 201 Å². The fraction of sp³-hybridized carbons (Fsp3) is 0.783. The zero-order valence-corrected chi connectivity index (χ0v) is 20.4. The lowest BCUT2D eigenvalue weighted by molar-refractivity contribution is -0.142. The van der Waals surface area contributed by atoms with Crippen molar-refractivity contribution < 1.29 is 33.9 Å². The number of nitrogens with one attached hydrogen (secondary N) is 2. The van der Waals surface area contributed by atoms with Crippen LogP contribution in [-0.4, -0.2) is 83.4 Å². The van der Waals surface area contributed by atoms with Crippen molar-refractivity contribution in [3.05, 3.63) is 12.7 Å². The maximum Gasteiger partial charge on any atom is 0.478 e. The van der Waals surface area contributed by atoms with Crippen molar-refractivity contribution in [3.8, 4) is 0 Å². The molecule has 190 valence electrons. The molecule has 1 aliphatic carbocycles. The molecule has 1 unspecified atom stereocenters. The zero-order valence-electron chi connectivity index (χ0n) is 20.4. The number of β-amino-alcohol motifs (C(OH)–C–C–N with tert-alkyl or cyclic N) is 1. The number of ether oxygens (including phenoxy) is 1. The van der Waals surface area contributed by atoms with Gasteiger partial charge < -0.3 is 35.1 Å². The van der Waals surface area contributed by atoms with E-state index in [1.807, 2.05) is 20.8 Å². The Morgan fingerprint density at radius 1 is 1.29 bits per heavy atom. The highest BCUT2D eigenvalue weighted by Crippen LogP contribution is 2.28. The van der Waals surface area contributed by atoms with Crippen molar-refractivity contribution in [1.82, 2.24) is 15.5 Å². The van der Waals surface area contributed by atoms with Gasteiger partial charge in [0.15, 0.2) is 0 Å². The first-order valence-electron chi connectivity index (χ1n) is 12.2. The van der Waals surface area contributed by atoms with Gasteiger partial charge in [0, 0.05) is 25.5 Å². The maximum atomic E-state index is 13.6. The number of aliphatic hydroxyl groups is 1. The normalized spacial score (nSPS) is 28.6. The molecule has 5 atom stereocenters. The van der Waals surface area contributed by atoms with Gasteiger partial charge in [0.25, 0.3) is 0 Å². The van der Waals surface area contributed by atoms with Gasteiger partial charge in [-0.15, -0.1) is 6.58 Å². The van der Waals surface area contributed by atoms with E-state index in [0.717, 1.165) is 25.7 Å². The second-order valence-corrected chi connectivity index (χ2v) is 10.7. The summed E-state index contributed by atoms with van der Waals surface area (Å²) in [7, 11) is -1.15. The first-order chi connectivity index (χ1) is 16.0. The number of carbonyl (C=O) groups excluding carboxylic acids is 3. The van der Waals surface area contributed by atoms with Crippen LogP contribution >= 0.6 is 0 Å². The number of nitrogens with zero attached hydrogens (tertiary/aromatic N) is 1. The van der Waals surface area contributed by atoms with Crippen LogP contribution < -0.4 is 10.6 Å². The van der Waals surface area contributed by atoms with Crippen molar-refractivity contribution in [3.63, 3.8) is 0 Å². The monoisotopic (exact) mass is 479 g/mol. The molecule has 1 saturated carbocycles. The Hall–Kier alpha value is -2.11. The van der Waals surface area contributed by atoms with E-state index >= 15 is 0 Å². The first-order valence-corrected chi connectivity index (χ1v) is 12.2. The van der Waals surface area contributed by atoms with Crippen LogP contribution in [0.25, 0.3) is 0 Å². The summed E-state index contributed by atoms with van der Waals surface area (Å²) in [5, 5.41) is 26.0. The molecule has 11 heteroatoms. The predicted molar refractivity (Wildman–Crippen MR) is 125 cm³/mol. The van der Waals surface area contributed by atoms with Gasteiger partial charge in [-0.2, -0.15) is 0 Å². The second kappa shape index (κ2) is 11.1. The van der Waals surface area contributed by atoms with Crippen LogP contribution in [0.5, 0.6) is 0 Å². The van der Waals surface area contributed by atoms with Gasteiger partial charge in [-0.05, 0) is 37.5 Å². The molecule has 2 heterocycles. The Bertz CT molecular complexity index is 768. The third-order valence-electron chi connectivity index (χ3n) is 6.89. The van der Waals surface area contributed by atoms with E-state index in [9.17, 15) is 24.5 Å². The van der Waals surface area contributed by atoms with Crippen molar-refractivity contribution in [2.75, 3.05) is 13.2 Å². The third-order valence-corrected chi connectivity index (χ3v) is 6.89. The van der Waals surface area contributed by atoms with E-state index in [-0.39, 0.29) is 31.6 Å². The van der Waals surface area contributed by atoms with Crippen molar-refractivity contribution in [1.29, 1.82) is 0 Å². The molecule has 0 spiro atoms. The van der Waals surface area contributed by atoms with E-state index in [0.29, 0.717) is 6.42 Å². The van der Waals surface area contributed by atoms with Crippen LogP contribution in [0.3, 0.4) is 0 Å². The van der Waals surface area contributed by atoms with Crippen molar-refractivity contribution >= 4 is 25.0 Å². The van der Waals surface area contributed by atoms with Crippen LogP contribution in [0, 0.1) is 11.3 Å². The number of rotatable bonds is 7. The number of likely N-dealkylation sites (tertiary alicyclic amines) is 1. The lowest BCUT2D eigenvalue weighted by Gasteiger charge is -2.35. The van der Waals surface area contributed by atoms with Gasteiger partial charge in [0.2, 0.25) is 11.8 Å². The van der Waals surface area contributed by atoms with Crippen LogP contribution in [0.2, 0.25) is 0 Å². The molecular weight excluding hydrogens is 441 g/mol. The molecule has 0 bridgehead atoms. The number of aliphatic hydroxyl groups excluding tert-OH is 1. The molecule has 0 radical (unpaired) electrons. The van der Waals surface area contributed by atoms with Crippen LogP contribution in [0.1, 0.15) is 59.3 Å². The molecule has 0 aromatic heterocycles. The highest BCUT2D eigenvalue weighted by atomic mass is 16.6.